The number of fused-ring (bicyclic) bond motifs is 1. The van der Waals surface area contributed by atoms with E-state index in [-0.39, 0.29) is 11.4 Å². The number of rotatable bonds is 4. The Balaban J connectivity index is 1.51. The van der Waals surface area contributed by atoms with Gasteiger partial charge in [0.25, 0.3) is 5.91 Å². The molecule has 1 amide bonds. The molecule has 0 saturated carbocycles. The Labute approximate surface area is 202 Å². The minimum Gasteiger partial charge on any atom is -0.497 e. The molecule has 170 valence electrons. The molecule has 0 atom stereocenters. The van der Waals surface area contributed by atoms with Crippen molar-refractivity contribution in [3.05, 3.63) is 88.2 Å². The molecule has 0 bridgehead atoms. The van der Waals surface area contributed by atoms with E-state index in [1.165, 1.54) is 16.8 Å². The highest BCUT2D eigenvalue weighted by Gasteiger charge is 2.36. The Kier molecular flexibility index (Phi) is 5.45. The number of carbonyl (C=O) groups excluding carboxylic acids is 1. The summed E-state index contributed by atoms with van der Waals surface area (Å²) in [6, 6.07) is 17.8. The molecule has 2 aliphatic rings. The first kappa shape index (κ1) is 21.9. The van der Waals surface area contributed by atoms with Crippen LogP contribution >= 0.6 is 11.8 Å². The summed E-state index contributed by atoms with van der Waals surface area (Å²) in [5.41, 5.74) is 6.04. The number of thioether (sulfide) groups is 1. The molecule has 34 heavy (non-hydrogen) atoms. The predicted molar refractivity (Wildman–Crippen MR) is 137 cm³/mol. The lowest BCUT2D eigenvalue weighted by Crippen LogP contribution is -2.35. The van der Waals surface area contributed by atoms with Crippen LogP contribution in [0.25, 0.3) is 11.8 Å². The zero-order valence-corrected chi connectivity index (χ0v) is 20.1. The molecular formula is C26H23N5O2S. The van der Waals surface area contributed by atoms with Gasteiger partial charge in [0, 0.05) is 28.7 Å². The number of amidine groups is 2. The summed E-state index contributed by atoms with van der Waals surface area (Å²) in [5, 5.41) is 15.9. The van der Waals surface area contributed by atoms with Crippen LogP contribution in [-0.4, -0.2) is 38.6 Å². The molecule has 2 aromatic carbocycles. The molecule has 0 saturated heterocycles. The highest BCUT2D eigenvalue weighted by atomic mass is 32.2. The van der Waals surface area contributed by atoms with Gasteiger partial charge in [-0.2, -0.15) is 15.1 Å². The van der Waals surface area contributed by atoms with Crippen LogP contribution in [0.5, 0.6) is 5.75 Å². The van der Waals surface area contributed by atoms with Gasteiger partial charge in [0.2, 0.25) is 5.17 Å². The summed E-state index contributed by atoms with van der Waals surface area (Å²) in [7, 11) is 1.64. The highest BCUT2D eigenvalue weighted by molar-refractivity contribution is 8.27. The number of aryl methyl sites for hydroxylation is 2. The third-order valence-corrected chi connectivity index (χ3v) is 6.76. The summed E-state index contributed by atoms with van der Waals surface area (Å²) in [6.07, 6.45) is 1.73. The fourth-order valence-corrected chi connectivity index (χ4v) is 5.01. The molecule has 3 heterocycles. The van der Waals surface area contributed by atoms with Gasteiger partial charge in [0.05, 0.1) is 12.7 Å². The van der Waals surface area contributed by atoms with Crippen LogP contribution in [0.1, 0.15) is 28.1 Å². The van der Waals surface area contributed by atoms with Crippen LogP contribution in [0.2, 0.25) is 0 Å². The fraction of sp³-hybridized carbons (Fsp3) is 0.154. The highest BCUT2D eigenvalue weighted by Crippen LogP contribution is 2.32. The van der Waals surface area contributed by atoms with Crippen molar-refractivity contribution in [1.82, 2.24) is 9.58 Å². The molecule has 0 fully saturated rings. The molecule has 1 aromatic heterocycles. The van der Waals surface area contributed by atoms with Crippen molar-refractivity contribution >= 4 is 39.8 Å². The van der Waals surface area contributed by atoms with E-state index in [9.17, 15) is 4.79 Å². The van der Waals surface area contributed by atoms with Crippen molar-refractivity contribution in [3.8, 4) is 11.4 Å². The minimum atomic E-state index is -0.435. The van der Waals surface area contributed by atoms with Gasteiger partial charge in [-0.25, -0.2) is 0 Å². The number of aromatic nitrogens is 1. The second kappa shape index (κ2) is 8.46. The maximum atomic E-state index is 12.9. The third kappa shape index (κ3) is 3.76. The van der Waals surface area contributed by atoms with Crippen molar-refractivity contribution in [3.63, 3.8) is 0 Å². The van der Waals surface area contributed by atoms with Crippen LogP contribution in [0.15, 0.2) is 70.3 Å². The van der Waals surface area contributed by atoms with Gasteiger partial charge in [-0.3, -0.25) is 10.2 Å². The number of methoxy groups -OCH3 is 1. The van der Waals surface area contributed by atoms with E-state index in [0.717, 1.165) is 44.6 Å². The van der Waals surface area contributed by atoms with Crippen molar-refractivity contribution in [2.75, 3.05) is 7.11 Å². The Morgan fingerprint density at radius 1 is 1.06 bits per heavy atom. The van der Waals surface area contributed by atoms with E-state index >= 15 is 0 Å². The lowest BCUT2D eigenvalue weighted by Gasteiger charge is -2.20. The van der Waals surface area contributed by atoms with E-state index < -0.39 is 5.91 Å². The van der Waals surface area contributed by atoms with Crippen LogP contribution < -0.4 is 4.74 Å². The van der Waals surface area contributed by atoms with Crippen molar-refractivity contribution in [2.24, 2.45) is 10.1 Å². The summed E-state index contributed by atoms with van der Waals surface area (Å²) in [4.78, 5) is 17.1. The maximum absolute atomic E-state index is 12.9. The number of nitrogens with one attached hydrogen (secondary N) is 1. The van der Waals surface area contributed by atoms with Crippen molar-refractivity contribution < 1.29 is 9.53 Å². The first-order valence-corrected chi connectivity index (χ1v) is 11.6. The SMILES string of the molecule is COc1cccc(-n2c(C)cc(/C=C3/C(=N)N4N=C(c5cccc(C)c5)SC4=NC3=O)c2C)c1. The number of hydrogen-bond donors (Lipinski definition) is 1. The number of hydrazone groups is 1. The second-order valence-corrected chi connectivity index (χ2v) is 9.11. The molecule has 7 nitrogen and oxygen atoms in total. The average Bonchev–Trinajstić information content (AvgIpc) is 3.37. The summed E-state index contributed by atoms with van der Waals surface area (Å²) in [5.74, 6) is 0.358. The number of hydrogen-bond acceptors (Lipinski definition) is 5. The third-order valence-electron chi connectivity index (χ3n) is 5.80. The molecule has 1 N–H and O–H groups in total. The Morgan fingerprint density at radius 2 is 1.85 bits per heavy atom. The smallest absolute Gasteiger partial charge is 0.283 e. The Morgan fingerprint density at radius 3 is 2.62 bits per heavy atom. The molecule has 0 radical (unpaired) electrons. The first-order valence-electron chi connectivity index (χ1n) is 10.8. The van der Waals surface area contributed by atoms with Gasteiger partial charge < -0.3 is 9.30 Å². The molecular weight excluding hydrogens is 446 g/mol. The van der Waals surface area contributed by atoms with Gasteiger partial charge >= 0.3 is 0 Å². The van der Waals surface area contributed by atoms with Crippen molar-refractivity contribution in [1.29, 1.82) is 5.41 Å². The van der Waals surface area contributed by atoms with Crippen LogP contribution in [0.3, 0.4) is 0 Å². The maximum Gasteiger partial charge on any atom is 0.283 e. The van der Waals surface area contributed by atoms with Gasteiger partial charge in [-0.05, 0) is 68.4 Å². The Bertz CT molecular complexity index is 1450. The number of ether oxygens (including phenoxy) is 1. The van der Waals surface area contributed by atoms with E-state index in [0.29, 0.717) is 5.17 Å². The summed E-state index contributed by atoms with van der Waals surface area (Å²) >= 11 is 1.30. The fourth-order valence-electron chi connectivity index (χ4n) is 4.12. The van der Waals surface area contributed by atoms with E-state index in [4.69, 9.17) is 10.1 Å². The second-order valence-electron chi connectivity index (χ2n) is 8.16. The minimum absolute atomic E-state index is 0.0244. The summed E-state index contributed by atoms with van der Waals surface area (Å²) < 4.78 is 7.46. The zero-order chi connectivity index (χ0) is 24.0. The normalized spacial score (nSPS) is 16.6. The quantitative estimate of drug-likeness (QED) is 0.540. The molecule has 5 rings (SSSR count). The summed E-state index contributed by atoms with van der Waals surface area (Å²) in [6.45, 7) is 6.02. The van der Waals surface area contributed by atoms with Crippen molar-refractivity contribution in [2.45, 2.75) is 20.8 Å². The van der Waals surface area contributed by atoms with E-state index in [2.05, 4.69) is 14.7 Å². The van der Waals surface area contributed by atoms with Crippen LogP contribution in [0.4, 0.5) is 0 Å². The van der Waals surface area contributed by atoms with Gasteiger partial charge in [0.15, 0.2) is 5.84 Å². The van der Waals surface area contributed by atoms with Crippen LogP contribution in [0, 0.1) is 26.2 Å². The number of benzene rings is 2. The standard InChI is InChI=1S/C26H23N5O2S/c1-15-7-5-8-18(11-15)25-29-31-23(27)22(24(32)28-26(31)34-25)13-19-12-16(2)30(17(19)3)20-9-6-10-21(14-20)33-4/h5-14,27H,1-4H3/b22-13-,27-23?. The van der Waals surface area contributed by atoms with Gasteiger partial charge in [-0.1, -0.05) is 29.8 Å². The molecule has 0 spiro atoms. The number of aliphatic imine (C=N–C) groups is 1. The van der Waals surface area contributed by atoms with Gasteiger partial charge in [0.1, 0.15) is 10.8 Å². The Hall–Kier alpha value is -3.91. The number of amides is 1. The van der Waals surface area contributed by atoms with E-state index in [1.807, 2.05) is 75.4 Å². The number of nitrogens with zero attached hydrogens (tertiary/aromatic N) is 4. The predicted octanol–water partition coefficient (Wildman–Crippen LogP) is 5.08. The first-order chi connectivity index (χ1) is 16.4. The molecule has 3 aromatic rings. The molecule has 0 aliphatic carbocycles. The monoisotopic (exact) mass is 469 g/mol. The lowest BCUT2D eigenvalue weighted by atomic mass is 10.1. The molecule has 2 aliphatic heterocycles. The van der Waals surface area contributed by atoms with Crippen LogP contribution in [-0.2, 0) is 4.79 Å². The molecule has 0 unspecified atom stereocenters. The number of carbonyl (C=O) groups is 1. The zero-order valence-electron chi connectivity index (χ0n) is 19.3. The topological polar surface area (TPSA) is 83.0 Å². The van der Waals surface area contributed by atoms with Gasteiger partial charge in [-0.15, -0.1) is 0 Å². The molecule has 8 heteroatoms. The van der Waals surface area contributed by atoms with E-state index in [1.54, 1.807) is 13.2 Å². The largest absolute Gasteiger partial charge is 0.497 e. The lowest BCUT2D eigenvalue weighted by molar-refractivity contribution is -0.114. The average molecular weight is 470 g/mol.